The Kier molecular flexibility index (Phi) is 4.58. The summed E-state index contributed by atoms with van der Waals surface area (Å²) >= 11 is 1.34. The van der Waals surface area contributed by atoms with E-state index in [2.05, 4.69) is 9.97 Å². The quantitative estimate of drug-likeness (QED) is 0.564. The highest BCUT2D eigenvalue weighted by atomic mass is 32.1. The predicted molar refractivity (Wildman–Crippen MR) is 111 cm³/mol. The Labute approximate surface area is 164 Å². The van der Waals surface area contributed by atoms with Crippen LogP contribution >= 0.6 is 11.3 Å². The van der Waals surface area contributed by atoms with E-state index in [0.717, 1.165) is 11.3 Å². The van der Waals surface area contributed by atoms with E-state index >= 15 is 0 Å². The van der Waals surface area contributed by atoms with Gasteiger partial charge in [0.1, 0.15) is 4.83 Å². The van der Waals surface area contributed by atoms with Gasteiger partial charge in [-0.15, -0.1) is 0 Å². The molecule has 1 N–H and O–H groups in total. The van der Waals surface area contributed by atoms with Gasteiger partial charge in [0.25, 0.3) is 5.56 Å². The first-order valence-corrected chi connectivity index (χ1v) is 9.28. The van der Waals surface area contributed by atoms with E-state index in [1.54, 1.807) is 36.5 Å². The molecule has 2 aromatic heterocycles. The highest BCUT2D eigenvalue weighted by Crippen LogP contribution is 2.30. The lowest BCUT2D eigenvalue weighted by molar-refractivity contribution is 0.0697. The van der Waals surface area contributed by atoms with Crippen LogP contribution in [-0.4, -0.2) is 28.1 Å². The van der Waals surface area contributed by atoms with Crippen molar-refractivity contribution in [3.8, 4) is 11.1 Å². The number of hydrogen-bond donors (Lipinski definition) is 1. The number of aromatic carboxylic acids is 1. The van der Waals surface area contributed by atoms with Gasteiger partial charge in [-0.25, -0.2) is 9.78 Å². The Balaban J connectivity index is 1.70. The van der Waals surface area contributed by atoms with Crippen molar-refractivity contribution >= 4 is 38.3 Å². The van der Waals surface area contributed by atoms with Crippen molar-refractivity contribution in [3.05, 3.63) is 82.8 Å². The molecule has 7 heteroatoms. The van der Waals surface area contributed by atoms with Gasteiger partial charge in [-0.05, 0) is 41.5 Å². The van der Waals surface area contributed by atoms with E-state index in [1.807, 2.05) is 42.3 Å². The number of carboxylic acids is 1. The molecule has 0 spiro atoms. The number of pyridine rings is 1. The lowest BCUT2D eigenvalue weighted by atomic mass is 9.99. The average Bonchev–Trinajstić information content (AvgIpc) is 2.73. The van der Waals surface area contributed by atoms with Gasteiger partial charge in [0.2, 0.25) is 0 Å². The number of benzene rings is 2. The molecule has 0 amide bonds. The van der Waals surface area contributed by atoms with E-state index in [-0.39, 0.29) is 11.1 Å². The second kappa shape index (κ2) is 7.21. The number of nitrogens with zero attached hydrogens (tertiary/aromatic N) is 3. The maximum Gasteiger partial charge on any atom is 0.336 e. The molecule has 138 valence electrons. The summed E-state index contributed by atoms with van der Waals surface area (Å²) in [5.41, 5.74) is 2.23. The van der Waals surface area contributed by atoms with Gasteiger partial charge in [-0.3, -0.25) is 4.79 Å². The third-order valence-electron chi connectivity index (χ3n) is 4.40. The van der Waals surface area contributed by atoms with Gasteiger partial charge >= 0.3 is 5.97 Å². The lowest BCUT2D eigenvalue weighted by Crippen LogP contribution is -2.15. The van der Waals surface area contributed by atoms with Gasteiger partial charge < -0.3 is 10.0 Å². The van der Waals surface area contributed by atoms with Crippen LogP contribution in [0.3, 0.4) is 0 Å². The summed E-state index contributed by atoms with van der Waals surface area (Å²) in [6.45, 7) is 0. The number of anilines is 2. The van der Waals surface area contributed by atoms with Crippen molar-refractivity contribution in [1.82, 2.24) is 9.97 Å². The Bertz CT molecular complexity index is 1240. The van der Waals surface area contributed by atoms with Crippen molar-refractivity contribution in [3.63, 3.8) is 0 Å². The van der Waals surface area contributed by atoms with E-state index in [9.17, 15) is 14.7 Å². The van der Waals surface area contributed by atoms with E-state index in [4.69, 9.17) is 0 Å². The Morgan fingerprint density at radius 1 is 1.04 bits per heavy atom. The van der Waals surface area contributed by atoms with Gasteiger partial charge in [-0.1, -0.05) is 41.7 Å². The zero-order chi connectivity index (χ0) is 19.7. The molecule has 0 saturated carbocycles. The van der Waals surface area contributed by atoms with Crippen molar-refractivity contribution in [2.75, 3.05) is 11.9 Å². The summed E-state index contributed by atoms with van der Waals surface area (Å²) in [5.74, 6) is -0.963. The van der Waals surface area contributed by atoms with Crippen molar-refractivity contribution in [1.29, 1.82) is 0 Å². The summed E-state index contributed by atoms with van der Waals surface area (Å²) < 4.78 is 0. The van der Waals surface area contributed by atoms with Gasteiger partial charge in [0, 0.05) is 18.9 Å². The fourth-order valence-electron chi connectivity index (χ4n) is 2.93. The van der Waals surface area contributed by atoms with Crippen molar-refractivity contribution < 1.29 is 9.90 Å². The van der Waals surface area contributed by atoms with Crippen molar-refractivity contribution in [2.45, 2.75) is 0 Å². The molecule has 0 bridgehead atoms. The van der Waals surface area contributed by atoms with Crippen LogP contribution in [0.25, 0.3) is 21.3 Å². The summed E-state index contributed by atoms with van der Waals surface area (Å²) in [7, 11) is 1.83. The molecule has 0 unspecified atom stereocenters. The van der Waals surface area contributed by atoms with Crippen molar-refractivity contribution in [2.24, 2.45) is 0 Å². The largest absolute Gasteiger partial charge is 0.478 e. The minimum Gasteiger partial charge on any atom is -0.478 e. The predicted octanol–water partition coefficient (Wildman–Crippen LogP) is 4.18. The molecule has 0 aliphatic rings. The first-order valence-electron chi connectivity index (χ1n) is 8.47. The Morgan fingerprint density at radius 2 is 1.79 bits per heavy atom. The molecular weight excluding hydrogens is 374 g/mol. The molecule has 2 aromatic carbocycles. The molecule has 2 heterocycles. The molecule has 4 rings (SSSR count). The molecule has 0 aliphatic carbocycles. The third kappa shape index (κ3) is 3.23. The molecule has 0 atom stereocenters. The molecule has 0 saturated heterocycles. The molecule has 28 heavy (non-hydrogen) atoms. The molecular formula is C21H15N3O3S. The maximum absolute atomic E-state index is 12.2. The van der Waals surface area contributed by atoms with Gasteiger partial charge in [0.05, 0.1) is 10.9 Å². The standard InChI is InChI=1S/C21H15N3O3S/c1-24(21-23-18(25)17-7-4-12-22-19(17)28-21)14-10-8-13(9-11-14)15-5-2-3-6-16(15)20(26)27/h2-12H,1H3,(H,26,27). The topological polar surface area (TPSA) is 83.4 Å². The SMILES string of the molecule is CN(c1ccc(-c2ccccc2C(=O)O)cc1)c1nc(=O)c2cccnc2s1. The molecule has 0 fully saturated rings. The third-order valence-corrected chi connectivity index (χ3v) is 5.46. The Hall–Kier alpha value is -3.58. The van der Waals surface area contributed by atoms with E-state index in [0.29, 0.717) is 20.9 Å². The van der Waals surface area contributed by atoms with E-state index < -0.39 is 5.97 Å². The summed E-state index contributed by atoms with van der Waals surface area (Å²) in [6.07, 6.45) is 1.65. The van der Waals surface area contributed by atoms with Crippen LogP contribution in [0.4, 0.5) is 10.8 Å². The average molecular weight is 389 g/mol. The van der Waals surface area contributed by atoms with Crippen LogP contribution in [0.2, 0.25) is 0 Å². The second-order valence-corrected chi connectivity index (χ2v) is 7.07. The molecule has 6 nitrogen and oxygen atoms in total. The van der Waals surface area contributed by atoms with Crippen LogP contribution < -0.4 is 10.5 Å². The first kappa shape index (κ1) is 17.8. The molecule has 0 aliphatic heterocycles. The minimum absolute atomic E-state index is 0.254. The van der Waals surface area contributed by atoms with Crippen LogP contribution in [-0.2, 0) is 0 Å². The number of hydrogen-bond acceptors (Lipinski definition) is 6. The van der Waals surface area contributed by atoms with Crippen LogP contribution in [0, 0.1) is 0 Å². The number of carbonyl (C=O) groups is 1. The number of rotatable bonds is 4. The minimum atomic E-state index is -0.963. The summed E-state index contributed by atoms with van der Waals surface area (Å²) in [5, 5.41) is 10.4. The van der Waals surface area contributed by atoms with Gasteiger partial charge in [0.15, 0.2) is 5.13 Å². The van der Waals surface area contributed by atoms with Crippen LogP contribution in [0.5, 0.6) is 0 Å². The monoisotopic (exact) mass is 389 g/mol. The smallest absolute Gasteiger partial charge is 0.336 e. The van der Waals surface area contributed by atoms with Crippen LogP contribution in [0.15, 0.2) is 71.7 Å². The fourth-order valence-corrected chi connectivity index (χ4v) is 3.85. The van der Waals surface area contributed by atoms with E-state index in [1.165, 1.54) is 11.3 Å². The lowest BCUT2D eigenvalue weighted by Gasteiger charge is -2.18. The molecule has 4 aromatic rings. The highest BCUT2D eigenvalue weighted by molar-refractivity contribution is 7.21. The highest BCUT2D eigenvalue weighted by Gasteiger charge is 2.13. The second-order valence-electron chi connectivity index (χ2n) is 6.11. The normalized spacial score (nSPS) is 10.8. The zero-order valence-corrected chi connectivity index (χ0v) is 15.7. The maximum atomic E-state index is 12.2. The first-order chi connectivity index (χ1) is 13.5. The fraction of sp³-hybridized carbons (Fsp3) is 0.0476. The van der Waals surface area contributed by atoms with Crippen LogP contribution in [0.1, 0.15) is 10.4 Å². The molecule has 0 radical (unpaired) electrons. The summed E-state index contributed by atoms with van der Waals surface area (Å²) in [6, 6.07) is 17.8. The zero-order valence-electron chi connectivity index (χ0n) is 14.9. The Morgan fingerprint density at radius 3 is 2.54 bits per heavy atom. The number of carboxylic acid groups (broad SMARTS) is 1. The number of fused-ring (bicyclic) bond motifs is 1. The summed E-state index contributed by atoms with van der Waals surface area (Å²) in [4.78, 5) is 34.6. The van der Waals surface area contributed by atoms with Gasteiger partial charge in [-0.2, -0.15) is 4.98 Å². The number of aromatic nitrogens is 2.